The Morgan fingerprint density at radius 2 is 1.26 bits per heavy atom. The van der Waals surface area contributed by atoms with Crippen LogP contribution in [-0.2, 0) is 9.59 Å². The van der Waals surface area contributed by atoms with Gasteiger partial charge in [-0.25, -0.2) is 5.43 Å². The summed E-state index contributed by atoms with van der Waals surface area (Å²) < 4.78 is 0. The molecule has 0 fully saturated rings. The molecule has 4 aromatic rings. The van der Waals surface area contributed by atoms with Gasteiger partial charge >= 0.3 is 0 Å². The molecule has 7 heteroatoms. The highest BCUT2D eigenvalue weighted by Gasteiger charge is 2.12. The molecule has 7 nitrogen and oxygen atoms in total. The molecular weight excluding hydrogens is 440 g/mol. The van der Waals surface area contributed by atoms with Gasteiger partial charge in [0.1, 0.15) is 12.2 Å². The third-order valence-corrected chi connectivity index (χ3v) is 5.08. The second kappa shape index (κ2) is 11.3. The molecule has 0 unspecified atom stereocenters. The van der Waals surface area contributed by atoms with Crippen molar-refractivity contribution in [2.24, 2.45) is 5.10 Å². The van der Waals surface area contributed by atoms with Crippen LogP contribution in [0.2, 0.25) is 0 Å². The number of para-hydroxylation sites is 4. The predicted molar refractivity (Wildman–Crippen MR) is 138 cm³/mol. The lowest BCUT2D eigenvalue weighted by atomic mass is 10.1. The van der Waals surface area contributed by atoms with E-state index in [0.717, 1.165) is 22.6 Å². The summed E-state index contributed by atoms with van der Waals surface area (Å²) in [5, 5.41) is 16.1. The molecule has 2 amide bonds. The van der Waals surface area contributed by atoms with Crippen molar-refractivity contribution < 1.29 is 14.7 Å². The molecule has 0 aromatic heterocycles. The van der Waals surface area contributed by atoms with Gasteiger partial charge in [0.25, 0.3) is 0 Å². The summed E-state index contributed by atoms with van der Waals surface area (Å²) in [5.74, 6) is -1.18. The van der Waals surface area contributed by atoms with Gasteiger partial charge in [-0.1, -0.05) is 60.7 Å². The molecule has 35 heavy (non-hydrogen) atoms. The molecule has 0 atom stereocenters. The van der Waals surface area contributed by atoms with E-state index in [0.29, 0.717) is 0 Å². The zero-order valence-electron chi connectivity index (χ0n) is 18.8. The van der Waals surface area contributed by atoms with Crippen LogP contribution in [0.1, 0.15) is 12.0 Å². The number of nitrogens with zero attached hydrogens (tertiary/aromatic N) is 2. The van der Waals surface area contributed by atoms with E-state index in [2.05, 4.69) is 20.7 Å². The second-order valence-electron chi connectivity index (χ2n) is 7.63. The Kier molecular flexibility index (Phi) is 7.50. The fourth-order valence-electron chi connectivity index (χ4n) is 3.45. The number of carbonyl (C=O) groups excluding carboxylic acids is 2. The van der Waals surface area contributed by atoms with Crippen LogP contribution in [0.3, 0.4) is 0 Å². The molecule has 0 saturated heterocycles. The van der Waals surface area contributed by atoms with Crippen molar-refractivity contribution in [2.75, 3.05) is 10.2 Å². The average Bonchev–Trinajstić information content (AvgIpc) is 2.88. The quantitative estimate of drug-likeness (QED) is 0.142. The lowest BCUT2D eigenvalue weighted by molar-refractivity contribution is -0.126. The Morgan fingerprint density at radius 1 is 0.714 bits per heavy atom. The Bertz CT molecular complexity index is 1270. The Morgan fingerprint density at radius 3 is 1.86 bits per heavy atom. The van der Waals surface area contributed by atoms with Crippen molar-refractivity contribution in [1.29, 1.82) is 0 Å². The number of hydrogen-bond acceptors (Lipinski definition) is 5. The number of rotatable bonds is 8. The zero-order valence-corrected chi connectivity index (χ0v) is 18.8. The second-order valence-corrected chi connectivity index (χ2v) is 7.63. The van der Waals surface area contributed by atoms with Crippen LogP contribution in [-0.4, -0.2) is 23.1 Å². The first kappa shape index (κ1) is 23.3. The molecule has 3 N–H and O–H groups in total. The third-order valence-electron chi connectivity index (χ3n) is 5.08. The van der Waals surface area contributed by atoms with Crippen molar-refractivity contribution in [3.63, 3.8) is 0 Å². The summed E-state index contributed by atoms with van der Waals surface area (Å²) in [6.45, 7) is 0. The molecule has 0 aliphatic heterocycles. The van der Waals surface area contributed by atoms with Gasteiger partial charge in [-0.2, -0.15) is 5.10 Å². The van der Waals surface area contributed by atoms with Gasteiger partial charge in [0.2, 0.25) is 11.8 Å². The number of aromatic hydroxyl groups is 1. The Balaban J connectivity index is 1.37. The van der Waals surface area contributed by atoms with Crippen LogP contribution in [0, 0.1) is 0 Å². The van der Waals surface area contributed by atoms with Crippen LogP contribution in [0.5, 0.6) is 5.75 Å². The standard InChI is InChI=1S/C28H24N4O3/c33-26-14-8-7-13-25(26)30-27(34)19-28(35)31-29-20-21-15-17-24(18-16-21)32(22-9-3-1-4-10-22)23-11-5-2-6-12-23/h1-18,20,33H,19H2,(H,30,34)(H,31,35)/b29-20-. The van der Waals surface area contributed by atoms with Gasteiger partial charge in [-0.3, -0.25) is 9.59 Å². The molecule has 0 bridgehead atoms. The predicted octanol–water partition coefficient (Wildman–Crippen LogP) is 5.34. The van der Waals surface area contributed by atoms with E-state index in [1.165, 1.54) is 12.3 Å². The number of phenols is 1. The molecular formula is C28H24N4O3. The number of carbonyl (C=O) groups is 2. The summed E-state index contributed by atoms with van der Waals surface area (Å²) in [6.07, 6.45) is 1.09. The lowest BCUT2D eigenvalue weighted by Crippen LogP contribution is -2.24. The minimum atomic E-state index is -0.565. The van der Waals surface area contributed by atoms with Gasteiger partial charge in [0, 0.05) is 17.1 Å². The Labute approximate surface area is 203 Å². The molecule has 0 heterocycles. The van der Waals surface area contributed by atoms with Gasteiger partial charge in [-0.05, 0) is 54.1 Å². The van der Waals surface area contributed by atoms with E-state index in [1.54, 1.807) is 18.2 Å². The van der Waals surface area contributed by atoms with Crippen molar-refractivity contribution >= 4 is 40.8 Å². The fourth-order valence-corrected chi connectivity index (χ4v) is 3.45. The molecule has 0 radical (unpaired) electrons. The third kappa shape index (κ3) is 6.33. The van der Waals surface area contributed by atoms with Crippen molar-refractivity contribution in [3.8, 4) is 5.75 Å². The van der Waals surface area contributed by atoms with Crippen molar-refractivity contribution in [2.45, 2.75) is 6.42 Å². The first-order valence-corrected chi connectivity index (χ1v) is 11.0. The molecule has 4 aromatic carbocycles. The maximum atomic E-state index is 12.0. The molecule has 0 saturated carbocycles. The topological polar surface area (TPSA) is 94.0 Å². The van der Waals surface area contributed by atoms with Crippen LogP contribution in [0.15, 0.2) is 114 Å². The molecule has 0 aliphatic rings. The fraction of sp³-hybridized carbons (Fsp3) is 0.0357. The largest absolute Gasteiger partial charge is 0.506 e. The Hall–Kier alpha value is -4.91. The highest BCUT2D eigenvalue weighted by Crippen LogP contribution is 2.33. The number of benzene rings is 4. The number of hydrazone groups is 1. The van der Waals surface area contributed by atoms with Gasteiger partial charge in [-0.15, -0.1) is 0 Å². The maximum absolute atomic E-state index is 12.0. The summed E-state index contributed by atoms with van der Waals surface area (Å²) in [4.78, 5) is 26.2. The van der Waals surface area contributed by atoms with Crippen LogP contribution >= 0.6 is 0 Å². The first-order valence-electron chi connectivity index (χ1n) is 11.0. The highest BCUT2D eigenvalue weighted by molar-refractivity contribution is 6.04. The number of phenolic OH excluding ortho intramolecular Hbond substituents is 1. The molecule has 0 spiro atoms. The monoisotopic (exact) mass is 464 g/mol. The number of nitrogens with one attached hydrogen (secondary N) is 2. The van der Waals surface area contributed by atoms with E-state index in [4.69, 9.17) is 0 Å². The van der Waals surface area contributed by atoms with Crippen LogP contribution < -0.4 is 15.6 Å². The van der Waals surface area contributed by atoms with E-state index in [9.17, 15) is 14.7 Å². The van der Waals surface area contributed by atoms with E-state index >= 15 is 0 Å². The number of anilines is 4. The number of hydrogen-bond donors (Lipinski definition) is 3. The van der Waals surface area contributed by atoms with Crippen LogP contribution in [0.25, 0.3) is 0 Å². The SMILES string of the molecule is O=C(CC(=O)Nc1ccccc1O)N/N=C\c1ccc(N(c2ccccc2)c2ccccc2)cc1. The summed E-state index contributed by atoms with van der Waals surface area (Å²) in [6, 6.07) is 34.2. The summed E-state index contributed by atoms with van der Waals surface area (Å²) in [7, 11) is 0. The first-order chi connectivity index (χ1) is 17.1. The van der Waals surface area contributed by atoms with Crippen LogP contribution in [0.4, 0.5) is 22.7 Å². The van der Waals surface area contributed by atoms with E-state index in [-0.39, 0.29) is 11.4 Å². The highest BCUT2D eigenvalue weighted by atomic mass is 16.3. The average molecular weight is 465 g/mol. The van der Waals surface area contributed by atoms with Gasteiger partial charge in [0.15, 0.2) is 0 Å². The zero-order chi connectivity index (χ0) is 24.5. The van der Waals surface area contributed by atoms with Crippen molar-refractivity contribution in [3.05, 3.63) is 115 Å². The minimum Gasteiger partial charge on any atom is -0.506 e. The van der Waals surface area contributed by atoms with E-state index < -0.39 is 18.2 Å². The lowest BCUT2D eigenvalue weighted by Gasteiger charge is -2.25. The molecule has 0 aliphatic carbocycles. The minimum absolute atomic E-state index is 0.0687. The smallest absolute Gasteiger partial charge is 0.249 e. The normalized spacial score (nSPS) is 10.6. The van der Waals surface area contributed by atoms with Gasteiger partial charge < -0.3 is 15.3 Å². The van der Waals surface area contributed by atoms with E-state index in [1.807, 2.05) is 84.9 Å². The molecule has 174 valence electrons. The summed E-state index contributed by atoms with van der Waals surface area (Å²) in [5.41, 5.74) is 6.43. The van der Waals surface area contributed by atoms with Gasteiger partial charge in [0.05, 0.1) is 11.9 Å². The summed E-state index contributed by atoms with van der Waals surface area (Å²) >= 11 is 0. The number of amides is 2. The molecule has 4 rings (SSSR count). The van der Waals surface area contributed by atoms with Crippen molar-refractivity contribution in [1.82, 2.24) is 5.43 Å². The maximum Gasteiger partial charge on any atom is 0.249 e.